The second kappa shape index (κ2) is 5.99. The lowest BCUT2D eigenvalue weighted by Crippen LogP contribution is -2.47. The number of carbonyl (C=O) groups excluding carboxylic acids is 1. The van der Waals surface area contributed by atoms with Crippen LogP contribution in [0.4, 0.5) is 13.2 Å². The predicted molar refractivity (Wildman–Crippen MR) is 76.3 cm³/mol. The molecule has 2 unspecified atom stereocenters. The zero-order chi connectivity index (χ0) is 17.5. The number of amides is 1. The molecule has 2 N–H and O–H groups in total. The standard InChI is InChI=1S/C16H16F3NO4/c17-16(18,19)24-13-4-2-1-3-10(13)11-7-12(11)14(21)20-9-5-8(6-9)15(22)23/h1-4,8-9,11-12H,5-7H2,(H,20,21)(H,22,23). The van der Waals surface area contributed by atoms with Gasteiger partial charge in [-0.1, -0.05) is 18.2 Å². The number of halogens is 3. The molecule has 0 aliphatic heterocycles. The number of carbonyl (C=O) groups is 2. The number of hydrogen-bond acceptors (Lipinski definition) is 3. The van der Waals surface area contributed by atoms with Gasteiger partial charge in [0.2, 0.25) is 5.91 Å². The first-order valence-corrected chi connectivity index (χ1v) is 7.62. The molecule has 2 saturated carbocycles. The van der Waals surface area contributed by atoms with E-state index in [2.05, 4.69) is 10.1 Å². The van der Waals surface area contributed by atoms with Gasteiger partial charge in [0.15, 0.2) is 0 Å². The number of nitrogens with one attached hydrogen (secondary N) is 1. The maximum absolute atomic E-state index is 12.4. The summed E-state index contributed by atoms with van der Waals surface area (Å²) in [7, 11) is 0. The van der Waals surface area contributed by atoms with Crippen LogP contribution in [-0.4, -0.2) is 29.4 Å². The van der Waals surface area contributed by atoms with Crippen molar-refractivity contribution in [3.05, 3.63) is 29.8 Å². The zero-order valence-corrected chi connectivity index (χ0v) is 12.5. The zero-order valence-electron chi connectivity index (χ0n) is 12.5. The lowest BCUT2D eigenvalue weighted by atomic mass is 9.80. The highest BCUT2D eigenvalue weighted by molar-refractivity contribution is 5.84. The Morgan fingerprint density at radius 3 is 2.46 bits per heavy atom. The lowest BCUT2D eigenvalue weighted by Gasteiger charge is -2.32. The molecular formula is C16H16F3NO4. The number of benzene rings is 1. The van der Waals surface area contributed by atoms with Crippen LogP contribution in [0.25, 0.3) is 0 Å². The Labute approximate surface area is 135 Å². The Hall–Kier alpha value is -2.25. The van der Waals surface area contributed by atoms with Crippen LogP contribution in [0.15, 0.2) is 24.3 Å². The third kappa shape index (κ3) is 3.63. The minimum absolute atomic E-state index is 0.165. The van der Waals surface area contributed by atoms with Gasteiger partial charge in [0.1, 0.15) is 5.75 Å². The number of alkyl halides is 3. The van der Waals surface area contributed by atoms with Gasteiger partial charge in [0, 0.05) is 12.0 Å². The van der Waals surface area contributed by atoms with Gasteiger partial charge in [-0.2, -0.15) is 0 Å². The molecule has 0 bridgehead atoms. The second-order valence-electron chi connectivity index (χ2n) is 6.25. The molecular weight excluding hydrogens is 327 g/mol. The van der Waals surface area contributed by atoms with E-state index in [0.29, 0.717) is 24.8 Å². The number of rotatable bonds is 5. The Morgan fingerprint density at radius 1 is 1.17 bits per heavy atom. The van der Waals surface area contributed by atoms with Crippen LogP contribution in [0.5, 0.6) is 5.75 Å². The summed E-state index contributed by atoms with van der Waals surface area (Å²) < 4.78 is 41.3. The monoisotopic (exact) mass is 343 g/mol. The Bertz CT molecular complexity index is 655. The quantitative estimate of drug-likeness (QED) is 0.862. The van der Waals surface area contributed by atoms with E-state index in [1.165, 1.54) is 18.2 Å². The first-order valence-electron chi connectivity index (χ1n) is 7.62. The van der Waals surface area contributed by atoms with Gasteiger partial charge in [0.25, 0.3) is 0 Å². The fourth-order valence-corrected chi connectivity index (χ4v) is 3.08. The SMILES string of the molecule is O=C(O)C1CC(NC(=O)C2CC2c2ccccc2OC(F)(F)F)C1. The van der Waals surface area contributed by atoms with Crippen LogP contribution in [-0.2, 0) is 9.59 Å². The highest BCUT2D eigenvalue weighted by Gasteiger charge is 2.47. The van der Waals surface area contributed by atoms with Crippen molar-refractivity contribution < 1.29 is 32.6 Å². The van der Waals surface area contributed by atoms with Crippen molar-refractivity contribution in [2.75, 3.05) is 0 Å². The van der Waals surface area contributed by atoms with Crippen molar-refractivity contribution in [1.82, 2.24) is 5.32 Å². The Kier molecular flexibility index (Phi) is 4.15. The summed E-state index contributed by atoms with van der Waals surface area (Å²) in [5, 5.41) is 11.6. The minimum atomic E-state index is -4.78. The van der Waals surface area contributed by atoms with E-state index in [9.17, 15) is 22.8 Å². The molecule has 0 spiro atoms. The lowest BCUT2D eigenvalue weighted by molar-refractivity contribution is -0.274. The highest BCUT2D eigenvalue weighted by Crippen LogP contribution is 2.51. The van der Waals surface area contributed by atoms with E-state index in [1.54, 1.807) is 6.07 Å². The van der Waals surface area contributed by atoms with Crippen molar-refractivity contribution in [1.29, 1.82) is 0 Å². The van der Waals surface area contributed by atoms with Crippen LogP contribution < -0.4 is 10.1 Å². The van der Waals surface area contributed by atoms with Crippen LogP contribution in [0.2, 0.25) is 0 Å². The molecule has 0 saturated heterocycles. The fraction of sp³-hybridized carbons (Fsp3) is 0.500. The number of aliphatic carboxylic acids is 1. The normalized spacial score (nSPS) is 28.6. The van der Waals surface area contributed by atoms with Gasteiger partial charge in [-0.25, -0.2) is 0 Å². The summed E-state index contributed by atoms with van der Waals surface area (Å²) in [4.78, 5) is 22.9. The summed E-state index contributed by atoms with van der Waals surface area (Å²) in [5.41, 5.74) is 0.368. The van der Waals surface area contributed by atoms with Gasteiger partial charge in [0.05, 0.1) is 5.92 Å². The van der Waals surface area contributed by atoms with Crippen molar-refractivity contribution in [3.8, 4) is 5.75 Å². The van der Waals surface area contributed by atoms with Crippen molar-refractivity contribution >= 4 is 11.9 Å². The molecule has 0 aromatic heterocycles. The summed E-state index contributed by atoms with van der Waals surface area (Å²) >= 11 is 0. The van der Waals surface area contributed by atoms with Gasteiger partial charge in [-0.3, -0.25) is 9.59 Å². The molecule has 1 aromatic rings. The molecule has 2 fully saturated rings. The van der Waals surface area contributed by atoms with E-state index in [1.807, 2.05) is 0 Å². The molecule has 5 nitrogen and oxygen atoms in total. The van der Waals surface area contributed by atoms with E-state index >= 15 is 0 Å². The molecule has 0 heterocycles. The third-order valence-corrected chi connectivity index (χ3v) is 4.51. The van der Waals surface area contributed by atoms with Crippen LogP contribution >= 0.6 is 0 Å². The molecule has 1 aromatic carbocycles. The molecule has 2 aliphatic rings. The third-order valence-electron chi connectivity index (χ3n) is 4.51. The Balaban J connectivity index is 1.58. The van der Waals surface area contributed by atoms with Crippen molar-refractivity contribution in [3.63, 3.8) is 0 Å². The maximum Gasteiger partial charge on any atom is 0.573 e. The van der Waals surface area contributed by atoms with E-state index in [4.69, 9.17) is 5.11 Å². The Morgan fingerprint density at radius 2 is 1.83 bits per heavy atom. The molecule has 2 aliphatic carbocycles. The van der Waals surface area contributed by atoms with Gasteiger partial charge in [-0.05, 0) is 36.8 Å². The average Bonchev–Trinajstić information content (AvgIpc) is 3.20. The molecule has 0 radical (unpaired) electrons. The predicted octanol–water partition coefficient (Wildman–Crippen LogP) is 2.67. The number of hydrogen-bond donors (Lipinski definition) is 2. The number of ether oxygens (including phenoxy) is 1. The smallest absolute Gasteiger partial charge is 0.481 e. The van der Waals surface area contributed by atoms with E-state index in [-0.39, 0.29) is 23.6 Å². The maximum atomic E-state index is 12.4. The summed E-state index contributed by atoms with van der Waals surface area (Å²) in [6, 6.07) is 5.65. The summed E-state index contributed by atoms with van der Waals surface area (Å²) in [5.74, 6) is -2.52. The fourth-order valence-electron chi connectivity index (χ4n) is 3.08. The van der Waals surface area contributed by atoms with Gasteiger partial charge >= 0.3 is 12.3 Å². The molecule has 130 valence electrons. The van der Waals surface area contributed by atoms with Gasteiger partial charge in [-0.15, -0.1) is 13.2 Å². The minimum Gasteiger partial charge on any atom is -0.481 e. The molecule has 2 atom stereocenters. The number of carboxylic acids is 1. The number of carboxylic acid groups (broad SMARTS) is 1. The van der Waals surface area contributed by atoms with E-state index < -0.39 is 24.2 Å². The van der Waals surface area contributed by atoms with Crippen molar-refractivity contribution in [2.24, 2.45) is 11.8 Å². The molecule has 1 amide bonds. The highest BCUT2D eigenvalue weighted by atomic mass is 19.4. The average molecular weight is 343 g/mol. The summed E-state index contributed by atoms with van der Waals surface area (Å²) in [6.45, 7) is 0. The van der Waals surface area contributed by atoms with E-state index in [0.717, 1.165) is 0 Å². The molecule has 8 heteroatoms. The van der Waals surface area contributed by atoms with Crippen molar-refractivity contribution in [2.45, 2.75) is 37.6 Å². The first-order chi connectivity index (χ1) is 11.2. The first kappa shape index (κ1) is 16.6. The topological polar surface area (TPSA) is 75.6 Å². The number of para-hydroxylation sites is 1. The second-order valence-corrected chi connectivity index (χ2v) is 6.25. The molecule has 24 heavy (non-hydrogen) atoms. The largest absolute Gasteiger partial charge is 0.573 e. The summed E-state index contributed by atoms with van der Waals surface area (Å²) in [6.07, 6.45) is -3.53. The van der Waals surface area contributed by atoms with Crippen LogP contribution in [0, 0.1) is 11.8 Å². The van der Waals surface area contributed by atoms with Gasteiger partial charge < -0.3 is 15.2 Å². The van der Waals surface area contributed by atoms with Crippen LogP contribution in [0.1, 0.15) is 30.7 Å². The van der Waals surface area contributed by atoms with Crippen LogP contribution in [0.3, 0.4) is 0 Å². The molecule has 3 rings (SSSR count).